The predicted octanol–water partition coefficient (Wildman–Crippen LogP) is 8.92. The number of fused-ring (bicyclic) bond motifs is 2. The molecule has 312 valence electrons. The van der Waals surface area contributed by atoms with Crippen LogP contribution < -0.4 is 9.47 Å². The number of thioether (sulfide) groups is 1. The lowest BCUT2D eigenvalue weighted by Gasteiger charge is -2.59. The monoisotopic (exact) mass is 816 g/mol. The van der Waals surface area contributed by atoms with Crippen molar-refractivity contribution in [2.45, 2.75) is 81.1 Å². The van der Waals surface area contributed by atoms with Gasteiger partial charge in [-0.2, -0.15) is 0 Å². The number of aliphatic hydroxyl groups is 2. The van der Waals surface area contributed by atoms with Gasteiger partial charge in [0.05, 0.1) is 31.5 Å². The number of rotatable bonds is 21. The summed E-state index contributed by atoms with van der Waals surface area (Å²) in [6.07, 6.45) is 8.24. The molecule has 58 heavy (non-hydrogen) atoms. The molecule has 1 saturated carbocycles. The number of nitrogens with zero attached hydrogens (tertiary/aromatic N) is 2. The van der Waals surface area contributed by atoms with E-state index < -0.39 is 23.8 Å². The molecular weight excluding hydrogens is 760 g/mol. The van der Waals surface area contributed by atoms with E-state index in [2.05, 4.69) is 36.0 Å². The molecule has 10 nitrogen and oxygen atoms in total. The van der Waals surface area contributed by atoms with Crippen molar-refractivity contribution in [1.82, 2.24) is 4.90 Å². The highest BCUT2D eigenvalue weighted by Gasteiger charge is 2.65. The van der Waals surface area contributed by atoms with Crippen LogP contribution in [0.5, 0.6) is 11.5 Å². The molecule has 2 aliphatic carbocycles. The van der Waals surface area contributed by atoms with Gasteiger partial charge in [-0.3, -0.25) is 4.90 Å². The van der Waals surface area contributed by atoms with Crippen molar-refractivity contribution in [3.8, 4) is 11.5 Å². The Balaban J connectivity index is 1.51. The second kappa shape index (κ2) is 21.1. The van der Waals surface area contributed by atoms with Gasteiger partial charge < -0.3 is 34.0 Å². The fraction of sp³-hybridized carbons (Fsp3) is 0.478. The quantitative estimate of drug-likeness (QED) is 0.0470. The Bertz CT molecular complexity index is 1860. The molecule has 2 N–H and O–H groups in total. The molecular formula is C46H57FN2O8S. The van der Waals surface area contributed by atoms with Crippen molar-refractivity contribution in [2.75, 3.05) is 45.9 Å². The molecule has 0 aromatic heterocycles. The Hall–Kier alpha value is -4.36. The highest BCUT2D eigenvalue weighted by molar-refractivity contribution is 7.99. The number of oxime groups is 1. The maximum absolute atomic E-state index is 14.2. The highest BCUT2D eigenvalue weighted by Crippen LogP contribution is 2.62. The lowest BCUT2D eigenvalue weighted by molar-refractivity contribution is -0.256. The molecule has 0 bridgehead atoms. The standard InChI is InChI=1S/C46H57FN2O8S/c1-4-25-56-46-42(49(45(52)54-5-2)31-32-17-19-34(47)20-18-32)30-40(48-53-3)38-28-33(13-9-11-23-50)37(16-10-12-24-51)43(44(38)46)39-29-35(21-22-41(39)57-46)55-26-27-58-36-14-7-6-8-15-36/h4,6-8,14-15,17-22,28-29,33,37,42-44,50-51H,1,5,9-13,16,23-27,30-31H2,2-3H3/t33-,37+,42-,43+,44+,46+/m0/s1. The van der Waals surface area contributed by atoms with E-state index in [-0.39, 0.29) is 63.0 Å². The van der Waals surface area contributed by atoms with Gasteiger partial charge in [0.25, 0.3) is 0 Å². The van der Waals surface area contributed by atoms with Crippen LogP contribution in [0.4, 0.5) is 9.18 Å². The van der Waals surface area contributed by atoms with E-state index in [1.165, 1.54) is 24.1 Å². The summed E-state index contributed by atoms with van der Waals surface area (Å²) in [6, 6.07) is 21.5. The van der Waals surface area contributed by atoms with E-state index in [1.807, 2.05) is 30.3 Å². The first kappa shape index (κ1) is 43.2. The van der Waals surface area contributed by atoms with Crippen LogP contribution in [0.15, 0.2) is 107 Å². The number of ether oxygens (including phenoxy) is 4. The number of aliphatic hydroxyl groups excluding tert-OH is 2. The highest BCUT2D eigenvalue weighted by atomic mass is 32.2. The van der Waals surface area contributed by atoms with Crippen molar-refractivity contribution in [3.63, 3.8) is 0 Å². The van der Waals surface area contributed by atoms with Crippen LogP contribution in [-0.2, 0) is 20.9 Å². The summed E-state index contributed by atoms with van der Waals surface area (Å²) in [6.45, 7) is 6.81. The fourth-order valence-corrected chi connectivity index (χ4v) is 9.73. The average Bonchev–Trinajstić information content (AvgIpc) is 3.23. The number of halogens is 1. The van der Waals surface area contributed by atoms with Gasteiger partial charge in [0.2, 0.25) is 5.79 Å². The van der Waals surface area contributed by atoms with Crippen LogP contribution in [-0.4, -0.2) is 84.6 Å². The molecule has 6 rings (SSSR count). The normalized spacial score (nSPS) is 23.8. The topological polar surface area (TPSA) is 119 Å². The first-order valence-electron chi connectivity index (χ1n) is 20.5. The number of allylic oxidation sites excluding steroid dienone is 1. The Kier molecular flexibility index (Phi) is 15.7. The summed E-state index contributed by atoms with van der Waals surface area (Å²) < 4.78 is 40.5. The summed E-state index contributed by atoms with van der Waals surface area (Å²) in [4.78, 5) is 22.6. The van der Waals surface area contributed by atoms with Gasteiger partial charge >= 0.3 is 6.09 Å². The number of amides is 1. The van der Waals surface area contributed by atoms with Crippen LogP contribution >= 0.6 is 11.8 Å². The number of carbonyl (C=O) groups excluding carboxylic acids is 1. The number of hydrogen-bond donors (Lipinski definition) is 2. The zero-order valence-corrected chi connectivity index (χ0v) is 34.4. The predicted molar refractivity (Wildman–Crippen MR) is 224 cm³/mol. The van der Waals surface area contributed by atoms with Crippen LogP contribution in [0.2, 0.25) is 0 Å². The van der Waals surface area contributed by atoms with E-state index in [0.717, 1.165) is 48.3 Å². The lowest BCUT2D eigenvalue weighted by atomic mass is 9.55. The van der Waals surface area contributed by atoms with Crippen molar-refractivity contribution in [2.24, 2.45) is 22.9 Å². The van der Waals surface area contributed by atoms with Gasteiger partial charge in [-0.15, -0.1) is 18.3 Å². The van der Waals surface area contributed by atoms with Crippen LogP contribution in [0.25, 0.3) is 0 Å². The van der Waals surface area contributed by atoms with Crippen molar-refractivity contribution >= 4 is 23.6 Å². The molecule has 1 amide bonds. The molecule has 0 unspecified atom stereocenters. The summed E-state index contributed by atoms with van der Waals surface area (Å²) in [5.41, 5.74) is 3.28. The molecule has 1 fully saturated rings. The van der Waals surface area contributed by atoms with Gasteiger partial charge in [-0.05, 0) is 98.0 Å². The second-order valence-corrected chi connectivity index (χ2v) is 16.1. The molecule has 3 aliphatic rings. The largest absolute Gasteiger partial charge is 0.493 e. The number of carbonyl (C=O) groups is 1. The van der Waals surface area contributed by atoms with E-state index >= 15 is 0 Å². The first-order chi connectivity index (χ1) is 28.4. The molecule has 3 aromatic carbocycles. The Morgan fingerprint density at radius 2 is 1.81 bits per heavy atom. The van der Waals surface area contributed by atoms with Gasteiger partial charge in [-0.25, -0.2) is 9.18 Å². The minimum Gasteiger partial charge on any atom is -0.493 e. The van der Waals surface area contributed by atoms with Gasteiger partial charge in [0, 0.05) is 48.3 Å². The van der Waals surface area contributed by atoms with Crippen LogP contribution in [0.3, 0.4) is 0 Å². The summed E-state index contributed by atoms with van der Waals surface area (Å²) >= 11 is 1.73. The fourth-order valence-electron chi connectivity index (χ4n) is 8.98. The maximum atomic E-state index is 14.2. The van der Waals surface area contributed by atoms with Crippen molar-refractivity contribution in [1.29, 1.82) is 0 Å². The number of unbranched alkanes of at least 4 members (excludes halogenated alkanes) is 2. The van der Waals surface area contributed by atoms with Crippen LogP contribution in [0, 0.1) is 23.6 Å². The third kappa shape index (κ3) is 9.90. The second-order valence-electron chi connectivity index (χ2n) is 14.9. The smallest absolute Gasteiger partial charge is 0.410 e. The van der Waals surface area contributed by atoms with Crippen molar-refractivity contribution in [3.05, 3.63) is 114 Å². The summed E-state index contributed by atoms with van der Waals surface area (Å²) in [5, 5.41) is 24.3. The van der Waals surface area contributed by atoms with E-state index in [0.29, 0.717) is 36.5 Å². The minimum atomic E-state index is -1.45. The third-order valence-electron chi connectivity index (χ3n) is 11.4. The number of benzene rings is 3. The first-order valence-corrected chi connectivity index (χ1v) is 21.5. The van der Waals surface area contributed by atoms with E-state index in [1.54, 1.807) is 41.8 Å². The molecule has 6 atom stereocenters. The molecule has 0 radical (unpaired) electrons. The Morgan fingerprint density at radius 3 is 2.52 bits per heavy atom. The van der Waals surface area contributed by atoms with Gasteiger partial charge in [0.15, 0.2) is 0 Å². The molecule has 0 spiro atoms. The molecule has 3 aromatic rings. The third-order valence-corrected chi connectivity index (χ3v) is 12.3. The Morgan fingerprint density at radius 1 is 1.05 bits per heavy atom. The Labute approximate surface area is 346 Å². The maximum Gasteiger partial charge on any atom is 0.410 e. The molecule has 1 heterocycles. The molecule has 1 aliphatic heterocycles. The summed E-state index contributed by atoms with van der Waals surface area (Å²) in [5.74, 6) is -0.233. The minimum absolute atomic E-state index is 0.0629. The van der Waals surface area contributed by atoms with Gasteiger partial charge in [-0.1, -0.05) is 60.5 Å². The van der Waals surface area contributed by atoms with Crippen LogP contribution in [0.1, 0.15) is 68.9 Å². The SMILES string of the molecule is C=CCO[C@@]12Oc3ccc(OCCSc4ccccc4)cc3[C@H]3[C@H](CCCCO)[C@@H](CCCCO)C=C(C(=NOC)C[C@@H]1N(Cc1ccc(F)cc1)C(=O)OCC)[C@H]32. The molecule has 0 saturated heterocycles. The lowest BCUT2D eigenvalue weighted by Crippen LogP contribution is -2.70. The van der Waals surface area contributed by atoms with E-state index in [9.17, 15) is 19.4 Å². The zero-order chi connectivity index (χ0) is 40.9. The van der Waals surface area contributed by atoms with Crippen molar-refractivity contribution < 1.29 is 43.2 Å². The zero-order valence-electron chi connectivity index (χ0n) is 33.6. The number of hydrogen-bond acceptors (Lipinski definition) is 10. The van der Waals surface area contributed by atoms with Gasteiger partial charge in [0.1, 0.15) is 30.5 Å². The average molecular weight is 817 g/mol. The molecule has 12 heteroatoms. The van der Waals surface area contributed by atoms with E-state index in [4.69, 9.17) is 23.8 Å². The summed E-state index contributed by atoms with van der Waals surface area (Å²) in [7, 11) is 1.52.